The molecule has 76 valence electrons. The molecule has 13 heavy (non-hydrogen) atoms. The summed E-state index contributed by atoms with van der Waals surface area (Å²) in [6.45, 7) is 7.63. The fourth-order valence-electron chi connectivity index (χ4n) is 1.78. The Balaban J connectivity index is 2.10. The van der Waals surface area contributed by atoms with Crippen LogP contribution in [0.1, 0.15) is 46.5 Å². The van der Waals surface area contributed by atoms with Gasteiger partial charge in [0, 0.05) is 12.1 Å². The Bertz CT molecular complexity index is 158. The van der Waals surface area contributed by atoms with Gasteiger partial charge < -0.3 is 5.32 Å². The SMILES string of the molecule is CC(C)(C)NCC=CC1CCCC1. The first kappa shape index (κ1) is 10.8. The van der Waals surface area contributed by atoms with Gasteiger partial charge in [-0.2, -0.15) is 0 Å². The third-order valence-electron chi connectivity index (χ3n) is 2.56. The lowest BCUT2D eigenvalue weighted by Crippen LogP contribution is -2.35. The van der Waals surface area contributed by atoms with Crippen LogP contribution in [0.5, 0.6) is 0 Å². The molecule has 1 rings (SSSR count). The fraction of sp³-hybridized carbons (Fsp3) is 0.833. The molecule has 0 bridgehead atoms. The molecule has 0 atom stereocenters. The smallest absolute Gasteiger partial charge is 0.0139 e. The largest absolute Gasteiger partial charge is 0.309 e. The van der Waals surface area contributed by atoms with Gasteiger partial charge in [-0.3, -0.25) is 0 Å². The van der Waals surface area contributed by atoms with Crippen molar-refractivity contribution < 1.29 is 0 Å². The van der Waals surface area contributed by atoms with E-state index in [4.69, 9.17) is 0 Å². The average molecular weight is 181 g/mol. The molecule has 1 heteroatoms. The minimum Gasteiger partial charge on any atom is -0.309 e. The Morgan fingerprint density at radius 1 is 1.23 bits per heavy atom. The summed E-state index contributed by atoms with van der Waals surface area (Å²) < 4.78 is 0. The van der Waals surface area contributed by atoms with Crippen molar-refractivity contribution in [3.05, 3.63) is 12.2 Å². The molecule has 0 aromatic carbocycles. The summed E-state index contributed by atoms with van der Waals surface area (Å²) in [5.41, 5.74) is 0.250. The Morgan fingerprint density at radius 3 is 2.38 bits per heavy atom. The van der Waals surface area contributed by atoms with Gasteiger partial charge in [-0.25, -0.2) is 0 Å². The Kier molecular flexibility index (Phi) is 3.98. The Morgan fingerprint density at radius 2 is 1.85 bits per heavy atom. The summed E-state index contributed by atoms with van der Waals surface area (Å²) >= 11 is 0. The number of nitrogens with one attached hydrogen (secondary N) is 1. The van der Waals surface area contributed by atoms with Crippen molar-refractivity contribution in [3.63, 3.8) is 0 Å². The minimum atomic E-state index is 0.250. The Hall–Kier alpha value is -0.300. The normalized spacial score (nSPS) is 20.2. The molecule has 0 saturated heterocycles. The zero-order valence-corrected chi connectivity index (χ0v) is 9.27. The maximum atomic E-state index is 3.46. The van der Waals surface area contributed by atoms with E-state index in [1.807, 2.05) is 0 Å². The molecule has 0 unspecified atom stereocenters. The lowest BCUT2D eigenvalue weighted by molar-refractivity contribution is 0.449. The Labute approximate surface area is 82.6 Å². The highest BCUT2D eigenvalue weighted by Crippen LogP contribution is 2.25. The molecular formula is C12H23N. The first-order valence-electron chi connectivity index (χ1n) is 5.49. The van der Waals surface area contributed by atoms with Crippen LogP contribution in [-0.2, 0) is 0 Å². The maximum Gasteiger partial charge on any atom is 0.0139 e. The predicted molar refractivity (Wildman–Crippen MR) is 58.9 cm³/mol. The maximum absolute atomic E-state index is 3.46. The van der Waals surface area contributed by atoms with Crippen LogP contribution in [-0.4, -0.2) is 12.1 Å². The van der Waals surface area contributed by atoms with Crippen molar-refractivity contribution in [1.82, 2.24) is 5.32 Å². The van der Waals surface area contributed by atoms with Gasteiger partial charge in [0.25, 0.3) is 0 Å². The highest BCUT2D eigenvalue weighted by molar-refractivity contribution is 4.93. The van der Waals surface area contributed by atoms with Gasteiger partial charge in [0.2, 0.25) is 0 Å². The number of rotatable bonds is 3. The molecule has 0 aliphatic heterocycles. The zero-order chi connectivity index (χ0) is 9.73. The lowest BCUT2D eigenvalue weighted by Gasteiger charge is -2.19. The fourth-order valence-corrected chi connectivity index (χ4v) is 1.78. The van der Waals surface area contributed by atoms with Crippen LogP contribution in [0.2, 0.25) is 0 Å². The third kappa shape index (κ3) is 5.09. The van der Waals surface area contributed by atoms with Crippen LogP contribution >= 0.6 is 0 Å². The summed E-state index contributed by atoms with van der Waals surface area (Å²) in [7, 11) is 0. The second-order valence-corrected chi connectivity index (χ2v) is 5.10. The first-order chi connectivity index (χ1) is 6.08. The average Bonchev–Trinajstić information content (AvgIpc) is 2.48. The van der Waals surface area contributed by atoms with Crippen LogP contribution in [0.25, 0.3) is 0 Å². The zero-order valence-electron chi connectivity index (χ0n) is 9.27. The molecule has 0 amide bonds. The van der Waals surface area contributed by atoms with Gasteiger partial charge in [-0.1, -0.05) is 25.0 Å². The van der Waals surface area contributed by atoms with Gasteiger partial charge in [-0.05, 0) is 39.5 Å². The second-order valence-electron chi connectivity index (χ2n) is 5.10. The molecular weight excluding hydrogens is 158 g/mol. The number of hydrogen-bond donors (Lipinski definition) is 1. The molecule has 1 aliphatic rings. The first-order valence-corrected chi connectivity index (χ1v) is 5.49. The van der Waals surface area contributed by atoms with Crippen molar-refractivity contribution in [2.24, 2.45) is 5.92 Å². The van der Waals surface area contributed by atoms with Crippen LogP contribution in [0.15, 0.2) is 12.2 Å². The highest BCUT2D eigenvalue weighted by atomic mass is 14.9. The van der Waals surface area contributed by atoms with E-state index >= 15 is 0 Å². The minimum absolute atomic E-state index is 0.250. The molecule has 0 radical (unpaired) electrons. The van der Waals surface area contributed by atoms with E-state index in [0.29, 0.717) is 0 Å². The molecule has 1 nitrogen and oxygen atoms in total. The summed E-state index contributed by atoms with van der Waals surface area (Å²) in [6.07, 6.45) is 10.4. The lowest BCUT2D eigenvalue weighted by atomic mass is 10.1. The summed E-state index contributed by atoms with van der Waals surface area (Å²) in [4.78, 5) is 0. The van der Waals surface area contributed by atoms with Crippen molar-refractivity contribution in [3.8, 4) is 0 Å². The summed E-state index contributed by atoms with van der Waals surface area (Å²) in [5.74, 6) is 0.877. The molecule has 1 aliphatic carbocycles. The van der Waals surface area contributed by atoms with Gasteiger partial charge in [0.15, 0.2) is 0 Å². The van der Waals surface area contributed by atoms with Gasteiger partial charge in [-0.15, -0.1) is 0 Å². The van der Waals surface area contributed by atoms with E-state index in [1.165, 1.54) is 25.7 Å². The van der Waals surface area contributed by atoms with Crippen LogP contribution in [0.4, 0.5) is 0 Å². The summed E-state index contributed by atoms with van der Waals surface area (Å²) in [6, 6.07) is 0. The van der Waals surface area contributed by atoms with Crippen LogP contribution in [0.3, 0.4) is 0 Å². The third-order valence-corrected chi connectivity index (χ3v) is 2.56. The highest BCUT2D eigenvalue weighted by Gasteiger charge is 2.11. The quantitative estimate of drug-likeness (QED) is 0.660. The number of hydrogen-bond acceptors (Lipinski definition) is 1. The van der Waals surface area contributed by atoms with Crippen LogP contribution in [0, 0.1) is 5.92 Å². The standard InChI is InChI=1S/C12H23N/c1-12(2,3)13-10-6-9-11-7-4-5-8-11/h6,9,11,13H,4-5,7-8,10H2,1-3H3. The molecule has 1 N–H and O–H groups in total. The molecule has 1 fully saturated rings. The van der Waals surface area contributed by atoms with Crippen molar-refractivity contribution in [2.45, 2.75) is 52.0 Å². The van der Waals surface area contributed by atoms with Gasteiger partial charge >= 0.3 is 0 Å². The molecule has 0 aromatic heterocycles. The van der Waals surface area contributed by atoms with Crippen molar-refractivity contribution in [1.29, 1.82) is 0 Å². The topological polar surface area (TPSA) is 12.0 Å². The van der Waals surface area contributed by atoms with E-state index in [1.54, 1.807) is 0 Å². The van der Waals surface area contributed by atoms with Gasteiger partial charge in [0.05, 0.1) is 0 Å². The van der Waals surface area contributed by atoms with E-state index in [0.717, 1.165) is 12.5 Å². The van der Waals surface area contributed by atoms with E-state index in [-0.39, 0.29) is 5.54 Å². The van der Waals surface area contributed by atoms with Crippen molar-refractivity contribution >= 4 is 0 Å². The summed E-state index contributed by atoms with van der Waals surface area (Å²) in [5, 5.41) is 3.46. The molecule has 0 heterocycles. The number of allylic oxidation sites excluding steroid dienone is 1. The van der Waals surface area contributed by atoms with E-state index in [9.17, 15) is 0 Å². The second kappa shape index (κ2) is 4.80. The van der Waals surface area contributed by atoms with Crippen LogP contribution < -0.4 is 5.32 Å². The molecule has 1 saturated carbocycles. The van der Waals surface area contributed by atoms with E-state index < -0.39 is 0 Å². The predicted octanol–water partition coefficient (Wildman–Crippen LogP) is 3.12. The van der Waals surface area contributed by atoms with Gasteiger partial charge in [0.1, 0.15) is 0 Å². The van der Waals surface area contributed by atoms with Crippen molar-refractivity contribution in [2.75, 3.05) is 6.54 Å². The molecule has 0 spiro atoms. The monoisotopic (exact) mass is 181 g/mol. The van der Waals surface area contributed by atoms with E-state index in [2.05, 4.69) is 38.2 Å². The molecule has 0 aromatic rings.